The van der Waals surface area contributed by atoms with Crippen molar-refractivity contribution in [3.8, 4) is 11.5 Å². The van der Waals surface area contributed by atoms with Gasteiger partial charge in [-0.05, 0) is 67.7 Å². The van der Waals surface area contributed by atoms with Crippen LogP contribution in [0, 0.1) is 12.3 Å². The van der Waals surface area contributed by atoms with Crippen LogP contribution in [0.15, 0.2) is 48.7 Å². The van der Waals surface area contributed by atoms with Crippen LogP contribution in [0.3, 0.4) is 0 Å². The molecule has 1 aliphatic carbocycles. The Morgan fingerprint density at radius 1 is 1.03 bits per heavy atom. The molecule has 1 N–H and O–H groups in total. The SMILES string of the molecule is COc1cc(CC(C(=O)c2c[nH]c3c2=CCCC=3)c2ccc(C)cc2)cc(OCCCC(C)(C)C)c1. The standard InChI is InChI=1S/C32H39NO3/c1-22-11-13-24(14-12-22)28(31(34)29-21-33-30-10-7-6-9-27(29)30)19-23-17-25(35-5)20-26(18-23)36-16-8-15-32(2,3)4/h9-14,17-18,20-21,28,33H,6-8,15-16,19H2,1-5H3. The number of carbonyl (C=O) groups is 1. The van der Waals surface area contributed by atoms with Crippen molar-refractivity contribution >= 4 is 17.9 Å². The van der Waals surface area contributed by atoms with Crippen molar-refractivity contribution in [2.45, 2.75) is 65.7 Å². The monoisotopic (exact) mass is 485 g/mol. The number of benzene rings is 2. The van der Waals surface area contributed by atoms with Crippen molar-refractivity contribution in [1.82, 2.24) is 4.98 Å². The molecule has 0 amide bonds. The summed E-state index contributed by atoms with van der Waals surface area (Å²) in [5.74, 6) is 1.37. The Morgan fingerprint density at radius 2 is 1.75 bits per heavy atom. The maximum atomic E-state index is 14.0. The molecular weight excluding hydrogens is 446 g/mol. The van der Waals surface area contributed by atoms with E-state index >= 15 is 0 Å². The van der Waals surface area contributed by atoms with Crippen molar-refractivity contribution in [3.05, 3.63) is 81.5 Å². The third kappa shape index (κ3) is 6.48. The normalized spacial score (nSPS) is 13.8. The summed E-state index contributed by atoms with van der Waals surface area (Å²) in [5, 5.41) is 2.09. The van der Waals surface area contributed by atoms with Crippen molar-refractivity contribution in [3.63, 3.8) is 0 Å². The number of nitrogens with one attached hydrogen (secondary N) is 1. The molecule has 0 spiro atoms. The van der Waals surface area contributed by atoms with Crippen LogP contribution in [0.2, 0.25) is 0 Å². The summed E-state index contributed by atoms with van der Waals surface area (Å²) in [7, 11) is 1.67. The molecule has 0 aliphatic heterocycles. The highest BCUT2D eigenvalue weighted by Gasteiger charge is 2.25. The topological polar surface area (TPSA) is 51.3 Å². The predicted molar refractivity (Wildman–Crippen MR) is 147 cm³/mol. The molecule has 1 atom stereocenters. The van der Waals surface area contributed by atoms with Gasteiger partial charge in [0.05, 0.1) is 19.6 Å². The molecule has 4 heteroatoms. The van der Waals surface area contributed by atoms with E-state index in [1.165, 1.54) is 5.56 Å². The quantitative estimate of drug-likeness (QED) is 0.279. The Hall–Kier alpha value is -3.27. The lowest BCUT2D eigenvalue weighted by atomic mass is 9.85. The summed E-state index contributed by atoms with van der Waals surface area (Å²) in [6, 6.07) is 14.3. The van der Waals surface area contributed by atoms with Gasteiger partial charge in [-0.15, -0.1) is 0 Å². The summed E-state index contributed by atoms with van der Waals surface area (Å²) < 4.78 is 11.7. The molecule has 4 rings (SSSR count). The zero-order chi connectivity index (χ0) is 25.7. The summed E-state index contributed by atoms with van der Waals surface area (Å²) in [5.41, 5.74) is 4.29. The van der Waals surface area contributed by atoms with E-state index in [0.29, 0.717) is 13.0 Å². The number of aromatic nitrogens is 1. The fourth-order valence-electron chi connectivity index (χ4n) is 4.82. The van der Waals surface area contributed by atoms with Crippen molar-refractivity contribution in [2.24, 2.45) is 5.41 Å². The largest absolute Gasteiger partial charge is 0.497 e. The van der Waals surface area contributed by atoms with Gasteiger partial charge in [0.25, 0.3) is 0 Å². The third-order valence-electron chi connectivity index (χ3n) is 6.83. The lowest BCUT2D eigenvalue weighted by Gasteiger charge is -2.19. The minimum atomic E-state index is -0.304. The summed E-state index contributed by atoms with van der Waals surface area (Å²) in [6.45, 7) is 9.47. The lowest BCUT2D eigenvalue weighted by molar-refractivity contribution is 0.0958. The minimum absolute atomic E-state index is 0.137. The van der Waals surface area contributed by atoms with Gasteiger partial charge in [0.15, 0.2) is 5.78 Å². The van der Waals surface area contributed by atoms with Crippen molar-refractivity contribution in [2.75, 3.05) is 13.7 Å². The van der Waals surface area contributed by atoms with Crippen molar-refractivity contribution < 1.29 is 14.3 Å². The number of carbonyl (C=O) groups excluding carboxylic acids is 1. The van der Waals surface area contributed by atoms with Gasteiger partial charge in [0.2, 0.25) is 0 Å². The van der Waals surface area contributed by atoms with E-state index in [4.69, 9.17) is 9.47 Å². The number of hydrogen-bond acceptors (Lipinski definition) is 3. The van der Waals surface area contributed by atoms with E-state index in [2.05, 4.69) is 75.2 Å². The summed E-state index contributed by atoms with van der Waals surface area (Å²) >= 11 is 0. The van der Waals surface area contributed by atoms with Crippen LogP contribution >= 0.6 is 0 Å². The molecule has 1 heterocycles. The number of ketones is 1. The van der Waals surface area contributed by atoms with Gasteiger partial charge in [-0.2, -0.15) is 0 Å². The van der Waals surface area contributed by atoms with E-state index in [0.717, 1.165) is 64.4 Å². The molecule has 1 aromatic heterocycles. The molecular formula is C32H39NO3. The Labute approximate surface area is 215 Å². The Kier molecular flexibility index (Phi) is 8.03. The van der Waals surface area contributed by atoms with Gasteiger partial charge in [0.1, 0.15) is 11.5 Å². The first-order chi connectivity index (χ1) is 17.2. The van der Waals surface area contributed by atoms with Crippen LogP contribution in [0.4, 0.5) is 0 Å². The molecule has 4 nitrogen and oxygen atoms in total. The van der Waals surface area contributed by atoms with Gasteiger partial charge < -0.3 is 14.5 Å². The predicted octanol–water partition coefficient (Wildman–Crippen LogP) is 6.10. The second-order valence-corrected chi connectivity index (χ2v) is 11.1. The van der Waals surface area contributed by atoms with E-state index in [9.17, 15) is 4.79 Å². The van der Waals surface area contributed by atoms with Gasteiger partial charge in [-0.25, -0.2) is 0 Å². The Balaban J connectivity index is 1.63. The molecule has 36 heavy (non-hydrogen) atoms. The average molecular weight is 486 g/mol. The fourth-order valence-corrected chi connectivity index (χ4v) is 4.82. The maximum Gasteiger partial charge on any atom is 0.172 e. The minimum Gasteiger partial charge on any atom is -0.497 e. The first-order valence-corrected chi connectivity index (χ1v) is 13.0. The number of fused-ring (bicyclic) bond motifs is 1. The number of rotatable bonds is 10. The van der Waals surface area contributed by atoms with Crippen LogP contribution < -0.4 is 20.0 Å². The zero-order valence-corrected chi connectivity index (χ0v) is 22.3. The highest BCUT2D eigenvalue weighted by Crippen LogP contribution is 2.30. The van der Waals surface area contributed by atoms with Gasteiger partial charge in [-0.1, -0.05) is 62.8 Å². The number of aryl methyl sites for hydroxylation is 1. The second kappa shape index (κ2) is 11.2. The third-order valence-corrected chi connectivity index (χ3v) is 6.83. The van der Waals surface area contributed by atoms with E-state index in [1.807, 2.05) is 18.3 Å². The maximum absolute atomic E-state index is 14.0. The molecule has 1 unspecified atom stereocenters. The summed E-state index contributed by atoms with van der Waals surface area (Å²) in [4.78, 5) is 17.3. The number of aromatic amines is 1. The van der Waals surface area contributed by atoms with Crippen LogP contribution in [0.25, 0.3) is 12.2 Å². The molecule has 0 bridgehead atoms. The Bertz CT molecular complexity index is 1310. The number of methoxy groups -OCH3 is 1. The van der Waals surface area contributed by atoms with Gasteiger partial charge in [0, 0.05) is 28.4 Å². The molecule has 2 aromatic carbocycles. The van der Waals surface area contributed by atoms with Crippen molar-refractivity contribution in [1.29, 1.82) is 0 Å². The van der Waals surface area contributed by atoms with Gasteiger partial charge >= 0.3 is 0 Å². The number of H-pyrrole nitrogens is 1. The second-order valence-electron chi connectivity index (χ2n) is 11.1. The first kappa shape index (κ1) is 25.8. The first-order valence-electron chi connectivity index (χ1n) is 13.0. The smallest absolute Gasteiger partial charge is 0.172 e. The number of ether oxygens (including phenoxy) is 2. The van der Waals surface area contributed by atoms with Crippen LogP contribution in [-0.2, 0) is 6.42 Å². The van der Waals surface area contributed by atoms with E-state index in [-0.39, 0.29) is 17.1 Å². The van der Waals surface area contributed by atoms with Crippen LogP contribution in [-0.4, -0.2) is 24.5 Å². The lowest BCUT2D eigenvalue weighted by Crippen LogP contribution is -2.30. The molecule has 3 aromatic rings. The molecule has 190 valence electrons. The molecule has 1 aliphatic rings. The number of hydrogen-bond donors (Lipinski definition) is 1. The van der Waals surface area contributed by atoms with Crippen LogP contribution in [0.1, 0.15) is 79.4 Å². The molecule has 0 saturated carbocycles. The van der Waals surface area contributed by atoms with E-state index in [1.54, 1.807) is 7.11 Å². The Morgan fingerprint density at radius 3 is 2.47 bits per heavy atom. The zero-order valence-electron chi connectivity index (χ0n) is 22.3. The fraction of sp³-hybridized carbons (Fsp3) is 0.406. The highest BCUT2D eigenvalue weighted by molar-refractivity contribution is 6.01. The molecule has 0 fully saturated rings. The van der Waals surface area contributed by atoms with Crippen LogP contribution in [0.5, 0.6) is 11.5 Å². The average Bonchev–Trinajstić information content (AvgIpc) is 3.29. The highest BCUT2D eigenvalue weighted by atomic mass is 16.5. The molecule has 0 radical (unpaired) electrons. The molecule has 0 saturated heterocycles. The van der Waals surface area contributed by atoms with Gasteiger partial charge in [-0.3, -0.25) is 4.79 Å². The van der Waals surface area contributed by atoms with E-state index < -0.39 is 0 Å². The number of Topliss-reactive ketones (excluding diaryl/α,β-unsaturated/α-hetero) is 1. The summed E-state index contributed by atoms with van der Waals surface area (Å²) in [6.07, 6.45) is 10.9.